The van der Waals surface area contributed by atoms with Gasteiger partial charge >= 0.3 is 0 Å². The number of hydrogen-bond acceptors (Lipinski definition) is 5. The molecule has 1 aliphatic heterocycles. The van der Waals surface area contributed by atoms with E-state index in [1.165, 1.54) is 12.1 Å². The zero-order valence-corrected chi connectivity index (χ0v) is 17.5. The lowest BCUT2D eigenvalue weighted by Crippen LogP contribution is -2.38. The Labute approximate surface area is 176 Å². The number of pyridine rings is 1. The molecule has 2 aromatic carbocycles. The molecule has 30 heavy (non-hydrogen) atoms. The molecule has 0 spiro atoms. The molecule has 5 nitrogen and oxygen atoms in total. The van der Waals surface area contributed by atoms with Gasteiger partial charge in [-0.1, -0.05) is 24.3 Å². The van der Waals surface area contributed by atoms with Gasteiger partial charge in [0.15, 0.2) is 0 Å². The van der Waals surface area contributed by atoms with Gasteiger partial charge in [0.05, 0.1) is 25.1 Å². The van der Waals surface area contributed by atoms with E-state index >= 15 is 0 Å². The standard InChI is InChI=1S/C24H26FN3O2/c1-27(2)20-10-6-18(7-11-20)24-21(12-13-23(26-24)29-3)28-14-15-30-22(16-28)17-4-8-19(25)9-5-17/h4-13,22H,14-16H2,1-3H3. The van der Waals surface area contributed by atoms with Gasteiger partial charge in [-0.15, -0.1) is 0 Å². The molecule has 0 aliphatic carbocycles. The Kier molecular flexibility index (Phi) is 5.86. The highest BCUT2D eigenvalue weighted by Gasteiger charge is 2.25. The van der Waals surface area contributed by atoms with Crippen LogP contribution in [0.1, 0.15) is 11.7 Å². The molecule has 2 heterocycles. The largest absolute Gasteiger partial charge is 0.481 e. The van der Waals surface area contributed by atoms with Gasteiger partial charge in [0, 0.05) is 44.5 Å². The molecule has 1 fully saturated rings. The quantitative estimate of drug-likeness (QED) is 0.621. The first-order chi connectivity index (χ1) is 14.5. The van der Waals surface area contributed by atoms with Crippen molar-refractivity contribution in [2.24, 2.45) is 0 Å². The zero-order valence-electron chi connectivity index (χ0n) is 17.5. The summed E-state index contributed by atoms with van der Waals surface area (Å²) in [6.45, 7) is 2.02. The first-order valence-corrected chi connectivity index (χ1v) is 10.00. The number of anilines is 2. The fourth-order valence-corrected chi connectivity index (χ4v) is 3.68. The maximum Gasteiger partial charge on any atom is 0.213 e. The molecule has 3 aromatic rings. The third kappa shape index (κ3) is 4.24. The van der Waals surface area contributed by atoms with Gasteiger partial charge in [0.2, 0.25) is 5.88 Å². The molecule has 0 bridgehead atoms. The molecule has 156 valence electrons. The molecular formula is C24H26FN3O2. The summed E-state index contributed by atoms with van der Waals surface area (Å²) < 4.78 is 24.7. The minimum absolute atomic E-state index is 0.120. The highest BCUT2D eigenvalue weighted by molar-refractivity contribution is 5.77. The Hall–Kier alpha value is -3.12. The molecular weight excluding hydrogens is 381 g/mol. The van der Waals surface area contributed by atoms with Crippen LogP contribution >= 0.6 is 0 Å². The van der Waals surface area contributed by atoms with Gasteiger partial charge in [-0.25, -0.2) is 9.37 Å². The summed E-state index contributed by atoms with van der Waals surface area (Å²) in [5.74, 6) is 0.336. The smallest absolute Gasteiger partial charge is 0.213 e. The minimum atomic E-state index is -0.241. The van der Waals surface area contributed by atoms with Gasteiger partial charge in [-0.3, -0.25) is 0 Å². The average molecular weight is 407 g/mol. The summed E-state index contributed by atoms with van der Waals surface area (Å²) in [5.41, 5.74) is 5.04. The highest BCUT2D eigenvalue weighted by Crippen LogP contribution is 2.35. The lowest BCUT2D eigenvalue weighted by atomic mass is 10.0. The number of nitrogens with zero attached hydrogens (tertiary/aromatic N) is 3. The number of ether oxygens (including phenoxy) is 2. The molecule has 6 heteroatoms. The zero-order chi connectivity index (χ0) is 21.1. The second-order valence-corrected chi connectivity index (χ2v) is 7.52. The molecule has 0 saturated carbocycles. The Balaban J connectivity index is 1.66. The SMILES string of the molecule is COc1ccc(N2CCOC(c3ccc(F)cc3)C2)c(-c2ccc(N(C)C)cc2)n1. The van der Waals surface area contributed by atoms with Crippen LogP contribution in [-0.4, -0.2) is 45.9 Å². The number of hydrogen-bond donors (Lipinski definition) is 0. The fourth-order valence-electron chi connectivity index (χ4n) is 3.68. The number of benzene rings is 2. The van der Waals surface area contributed by atoms with Crippen LogP contribution in [0.4, 0.5) is 15.8 Å². The van der Waals surface area contributed by atoms with E-state index in [0.717, 1.165) is 34.7 Å². The van der Waals surface area contributed by atoms with Gasteiger partial charge in [-0.05, 0) is 35.9 Å². The Morgan fingerprint density at radius 3 is 2.43 bits per heavy atom. The molecule has 1 aliphatic rings. The Morgan fingerprint density at radius 2 is 1.77 bits per heavy atom. The normalized spacial score (nSPS) is 16.4. The minimum Gasteiger partial charge on any atom is -0.481 e. The van der Waals surface area contributed by atoms with E-state index in [0.29, 0.717) is 19.0 Å². The second kappa shape index (κ2) is 8.71. The summed E-state index contributed by atoms with van der Waals surface area (Å²) in [5, 5.41) is 0. The summed E-state index contributed by atoms with van der Waals surface area (Å²) in [6, 6.07) is 18.8. The van der Waals surface area contributed by atoms with Crippen molar-refractivity contribution in [2.75, 3.05) is 50.7 Å². The molecule has 1 saturated heterocycles. The van der Waals surface area contributed by atoms with E-state index in [2.05, 4.69) is 34.1 Å². The van der Waals surface area contributed by atoms with Gasteiger partial charge in [-0.2, -0.15) is 0 Å². The number of halogens is 1. The molecule has 1 unspecified atom stereocenters. The van der Waals surface area contributed by atoms with Crippen molar-refractivity contribution < 1.29 is 13.9 Å². The molecule has 1 aromatic heterocycles. The van der Waals surface area contributed by atoms with E-state index in [-0.39, 0.29) is 11.9 Å². The van der Waals surface area contributed by atoms with Crippen molar-refractivity contribution in [3.63, 3.8) is 0 Å². The van der Waals surface area contributed by atoms with Crippen LogP contribution < -0.4 is 14.5 Å². The van der Waals surface area contributed by atoms with Crippen molar-refractivity contribution in [1.82, 2.24) is 4.98 Å². The van der Waals surface area contributed by atoms with Gasteiger partial charge in [0.1, 0.15) is 11.9 Å². The molecule has 1 atom stereocenters. The van der Waals surface area contributed by atoms with Gasteiger partial charge < -0.3 is 19.3 Å². The molecule has 0 radical (unpaired) electrons. The van der Waals surface area contributed by atoms with Crippen molar-refractivity contribution in [1.29, 1.82) is 0 Å². The number of rotatable bonds is 5. The van der Waals surface area contributed by atoms with Crippen LogP contribution in [0.2, 0.25) is 0 Å². The van der Waals surface area contributed by atoms with Crippen molar-refractivity contribution in [3.05, 3.63) is 72.0 Å². The monoisotopic (exact) mass is 407 g/mol. The molecule has 0 N–H and O–H groups in total. The fraction of sp³-hybridized carbons (Fsp3) is 0.292. The van der Waals surface area contributed by atoms with Crippen LogP contribution in [0.3, 0.4) is 0 Å². The second-order valence-electron chi connectivity index (χ2n) is 7.52. The van der Waals surface area contributed by atoms with E-state index in [1.54, 1.807) is 19.2 Å². The number of methoxy groups -OCH3 is 1. The maximum absolute atomic E-state index is 13.3. The van der Waals surface area contributed by atoms with Crippen molar-refractivity contribution >= 4 is 11.4 Å². The highest BCUT2D eigenvalue weighted by atomic mass is 19.1. The first-order valence-electron chi connectivity index (χ1n) is 10.00. The summed E-state index contributed by atoms with van der Waals surface area (Å²) in [4.78, 5) is 9.10. The predicted molar refractivity (Wildman–Crippen MR) is 118 cm³/mol. The summed E-state index contributed by atoms with van der Waals surface area (Å²) in [7, 11) is 5.67. The van der Waals surface area contributed by atoms with Crippen LogP contribution in [0.15, 0.2) is 60.7 Å². The third-order valence-corrected chi connectivity index (χ3v) is 5.36. The molecule has 0 amide bonds. The lowest BCUT2D eigenvalue weighted by Gasteiger charge is -2.35. The average Bonchev–Trinajstić information content (AvgIpc) is 2.79. The van der Waals surface area contributed by atoms with E-state index < -0.39 is 0 Å². The van der Waals surface area contributed by atoms with Crippen LogP contribution in [0.25, 0.3) is 11.3 Å². The maximum atomic E-state index is 13.3. The van der Waals surface area contributed by atoms with Crippen LogP contribution in [0, 0.1) is 5.82 Å². The Morgan fingerprint density at radius 1 is 1.03 bits per heavy atom. The van der Waals surface area contributed by atoms with E-state index in [9.17, 15) is 4.39 Å². The topological polar surface area (TPSA) is 37.8 Å². The number of morpholine rings is 1. The summed E-state index contributed by atoms with van der Waals surface area (Å²) >= 11 is 0. The molecule has 4 rings (SSSR count). The lowest BCUT2D eigenvalue weighted by molar-refractivity contribution is 0.0398. The first kappa shape index (κ1) is 20.2. The Bertz CT molecular complexity index is 990. The van der Waals surface area contributed by atoms with Crippen LogP contribution in [0.5, 0.6) is 5.88 Å². The van der Waals surface area contributed by atoms with Crippen molar-refractivity contribution in [2.45, 2.75) is 6.10 Å². The number of aromatic nitrogens is 1. The van der Waals surface area contributed by atoms with E-state index in [4.69, 9.17) is 14.5 Å². The van der Waals surface area contributed by atoms with Crippen molar-refractivity contribution in [3.8, 4) is 17.1 Å². The van der Waals surface area contributed by atoms with Crippen LogP contribution in [-0.2, 0) is 4.74 Å². The summed E-state index contributed by atoms with van der Waals surface area (Å²) in [6.07, 6.45) is -0.120. The third-order valence-electron chi connectivity index (χ3n) is 5.36. The predicted octanol–water partition coefficient (Wildman–Crippen LogP) is 4.54. The van der Waals surface area contributed by atoms with Gasteiger partial charge in [0.25, 0.3) is 0 Å². The van der Waals surface area contributed by atoms with E-state index in [1.807, 2.05) is 26.2 Å².